The number of hydrogen-bond acceptors (Lipinski definition) is 2. The van der Waals surface area contributed by atoms with E-state index >= 15 is 0 Å². The molecule has 2 fully saturated rings. The van der Waals surface area contributed by atoms with Gasteiger partial charge in [-0.25, -0.2) is 0 Å². The third-order valence-electron chi connectivity index (χ3n) is 5.14. The molecule has 1 aromatic rings. The molecule has 2 aliphatic carbocycles. The Morgan fingerprint density at radius 1 is 1.05 bits per heavy atom. The lowest BCUT2D eigenvalue weighted by atomic mass is 10.1. The number of hydrogen-bond donors (Lipinski definition) is 1. The molecule has 1 N–H and O–H groups in total. The van der Waals surface area contributed by atoms with Crippen molar-refractivity contribution in [1.29, 1.82) is 0 Å². The quantitative estimate of drug-likeness (QED) is 0.888. The van der Waals surface area contributed by atoms with Crippen LogP contribution in [0.5, 0.6) is 0 Å². The Morgan fingerprint density at radius 2 is 1.79 bits per heavy atom. The maximum absolute atomic E-state index is 3.70. The van der Waals surface area contributed by atoms with Crippen LogP contribution in [0.15, 0.2) is 24.3 Å². The molecule has 1 unspecified atom stereocenters. The molecule has 1 aromatic carbocycles. The smallest absolute Gasteiger partial charge is 0.0176 e. The molecule has 0 aromatic heterocycles. The average Bonchev–Trinajstić information content (AvgIpc) is 2.99. The molecule has 0 bridgehead atoms. The van der Waals surface area contributed by atoms with E-state index in [-0.39, 0.29) is 0 Å². The summed E-state index contributed by atoms with van der Waals surface area (Å²) < 4.78 is 0. The molecule has 1 saturated carbocycles. The van der Waals surface area contributed by atoms with Gasteiger partial charge in [0, 0.05) is 18.6 Å². The van der Waals surface area contributed by atoms with Crippen LogP contribution < -0.4 is 5.32 Å². The van der Waals surface area contributed by atoms with Crippen molar-refractivity contribution in [2.45, 2.75) is 44.2 Å². The van der Waals surface area contributed by atoms with Crippen LogP contribution in [0, 0.1) is 5.92 Å². The third kappa shape index (κ3) is 2.56. The van der Waals surface area contributed by atoms with E-state index in [4.69, 9.17) is 0 Å². The fraction of sp³-hybridized carbons (Fsp3) is 0.647. The van der Waals surface area contributed by atoms with Gasteiger partial charge in [0.25, 0.3) is 0 Å². The summed E-state index contributed by atoms with van der Waals surface area (Å²) in [6.45, 7) is 3.88. The van der Waals surface area contributed by atoms with Crippen LogP contribution in [-0.2, 0) is 12.8 Å². The molecule has 1 saturated heterocycles. The van der Waals surface area contributed by atoms with E-state index in [0.717, 1.165) is 18.0 Å². The predicted molar refractivity (Wildman–Crippen MR) is 78.3 cm³/mol. The van der Waals surface area contributed by atoms with Gasteiger partial charge in [-0.1, -0.05) is 24.3 Å². The minimum atomic E-state index is 0.781. The SMILES string of the molecule is c1ccc2c(c1)CC(N1CCC(CNC3CC3)C1)C2. The molecule has 19 heavy (non-hydrogen) atoms. The minimum absolute atomic E-state index is 0.781. The lowest BCUT2D eigenvalue weighted by molar-refractivity contribution is 0.240. The van der Waals surface area contributed by atoms with Crippen LogP contribution in [-0.4, -0.2) is 36.6 Å². The molecular formula is C17H24N2. The number of nitrogens with one attached hydrogen (secondary N) is 1. The van der Waals surface area contributed by atoms with E-state index in [1.807, 2.05) is 0 Å². The maximum Gasteiger partial charge on any atom is 0.0176 e. The van der Waals surface area contributed by atoms with Crippen molar-refractivity contribution in [3.8, 4) is 0 Å². The summed E-state index contributed by atoms with van der Waals surface area (Å²) >= 11 is 0. The van der Waals surface area contributed by atoms with Gasteiger partial charge in [0.1, 0.15) is 0 Å². The van der Waals surface area contributed by atoms with E-state index in [2.05, 4.69) is 34.5 Å². The van der Waals surface area contributed by atoms with Gasteiger partial charge in [-0.3, -0.25) is 4.90 Å². The molecule has 0 radical (unpaired) electrons. The summed E-state index contributed by atoms with van der Waals surface area (Å²) in [6, 6.07) is 10.7. The molecule has 3 aliphatic rings. The van der Waals surface area contributed by atoms with Crippen LogP contribution in [0.4, 0.5) is 0 Å². The Kier molecular flexibility index (Phi) is 3.08. The molecule has 4 rings (SSSR count). The zero-order valence-corrected chi connectivity index (χ0v) is 11.6. The van der Waals surface area contributed by atoms with Crippen molar-refractivity contribution in [3.05, 3.63) is 35.4 Å². The Labute approximate surface area is 116 Å². The molecule has 102 valence electrons. The Hall–Kier alpha value is -0.860. The van der Waals surface area contributed by atoms with Gasteiger partial charge in [0.05, 0.1) is 0 Å². The summed E-state index contributed by atoms with van der Waals surface area (Å²) in [5, 5.41) is 3.70. The zero-order chi connectivity index (χ0) is 12.7. The molecule has 1 aliphatic heterocycles. The highest BCUT2D eigenvalue weighted by Crippen LogP contribution is 2.29. The van der Waals surface area contributed by atoms with Gasteiger partial charge >= 0.3 is 0 Å². The van der Waals surface area contributed by atoms with Crippen molar-refractivity contribution in [2.24, 2.45) is 5.92 Å². The van der Waals surface area contributed by atoms with E-state index in [1.165, 1.54) is 51.7 Å². The highest BCUT2D eigenvalue weighted by molar-refractivity contribution is 5.33. The Morgan fingerprint density at radius 3 is 2.47 bits per heavy atom. The van der Waals surface area contributed by atoms with Gasteiger partial charge in [0.15, 0.2) is 0 Å². The molecule has 2 heteroatoms. The first-order valence-electron chi connectivity index (χ1n) is 7.93. The summed E-state index contributed by atoms with van der Waals surface area (Å²) in [7, 11) is 0. The lowest BCUT2D eigenvalue weighted by Gasteiger charge is -2.23. The van der Waals surface area contributed by atoms with Crippen LogP contribution in [0.25, 0.3) is 0 Å². The normalized spacial score (nSPS) is 27.9. The molecule has 0 amide bonds. The van der Waals surface area contributed by atoms with Crippen molar-refractivity contribution in [1.82, 2.24) is 10.2 Å². The maximum atomic E-state index is 3.70. The Balaban J connectivity index is 1.32. The van der Waals surface area contributed by atoms with Gasteiger partial charge in [0.2, 0.25) is 0 Å². The molecule has 1 atom stereocenters. The van der Waals surface area contributed by atoms with Crippen LogP contribution in [0.1, 0.15) is 30.4 Å². The monoisotopic (exact) mass is 256 g/mol. The lowest BCUT2D eigenvalue weighted by Crippen LogP contribution is -2.35. The Bertz CT molecular complexity index is 427. The van der Waals surface area contributed by atoms with Crippen molar-refractivity contribution < 1.29 is 0 Å². The van der Waals surface area contributed by atoms with E-state index < -0.39 is 0 Å². The standard InChI is InChI=1S/C17H24N2/c1-2-4-15-10-17(9-14(15)3-1)19-8-7-13(12-19)11-18-16-5-6-16/h1-4,13,16-18H,5-12H2. The molecular weight excluding hydrogens is 232 g/mol. The largest absolute Gasteiger partial charge is 0.314 e. The summed E-state index contributed by atoms with van der Waals surface area (Å²) in [6.07, 6.45) is 6.77. The summed E-state index contributed by atoms with van der Waals surface area (Å²) in [5.41, 5.74) is 3.18. The molecule has 2 nitrogen and oxygen atoms in total. The van der Waals surface area contributed by atoms with Crippen LogP contribution in [0.2, 0.25) is 0 Å². The average molecular weight is 256 g/mol. The van der Waals surface area contributed by atoms with E-state index in [1.54, 1.807) is 11.1 Å². The minimum Gasteiger partial charge on any atom is -0.314 e. The number of nitrogens with zero attached hydrogens (tertiary/aromatic N) is 1. The first kappa shape index (κ1) is 11.9. The van der Waals surface area contributed by atoms with E-state index in [0.29, 0.717) is 0 Å². The first-order chi connectivity index (χ1) is 9.38. The third-order valence-corrected chi connectivity index (χ3v) is 5.14. The predicted octanol–water partition coefficient (Wildman–Crippen LogP) is 2.23. The topological polar surface area (TPSA) is 15.3 Å². The summed E-state index contributed by atoms with van der Waals surface area (Å²) in [5.74, 6) is 0.893. The second kappa shape index (κ2) is 4.92. The fourth-order valence-electron chi connectivity index (χ4n) is 3.78. The summed E-state index contributed by atoms with van der Waals surface area (Å²) in [4.78, 5) is 2.75. The number of rotatable bonds is 4. The van der Waals surface area contributed by atoms with Crippen molar-refractivity contribution in [3.63, 3.8) is 0 Å². The van der Waals surface area contributed by atoms with Gasteiger partial charge < -0.3 is 5.32 Å². The number of fused-ring (bicyclic) bond motifs is 1. The van der Waals surface area contributed by atoms with Gasteiger partial charge in [-0.15, -0.1) is 0 Å². The number of benzene rings is 1. The van der Waals surface area contributed by atoms with Gasteiger partial charge in [-0.05, 0) is 62.2 Å². The second-order valence-electron chi connectivity index (χ2n) is 6.66. The zero-order valence-electron chi connectivity index (χ0n) is 11.6. The highest BCUT2D eigenvalue weighted by Gasteiger charge is 2.32. The van der Waals surface area contributed by atoms with Crippen molar-refractivity contribution >= 4 is 0 Å². The molecule has 0 spiro atoms. The fourth-order valence-corrected chi connectivity index (χ4v) is 3.78. The first-order valence-corrected chi connectivity index (χ1v) is 7.93. The van der Waals surface area contributed by atoms with Crippen LogP contribution in [0.3, 0.4) is 0 Å². The van der Waals surface area contributed by atoms with Gasteiger partial charge in [-0.2, -0.15) is 0 Å². The number of likely N-dealkylation sites (tertiary alicyclic amines) is 1. The van der Waals surface area contributed by atoms with E-state index in [9.17, 15) is 0 Å². The van der Waals surface area contributed by atoms with Crippen LogP contribution >= 0.6 is 0 Å². The second-order valence-corrected chi connectivity index (χ2v) is 6.66. The highest BCUT2D eigenvalue weighted by atomic mass is 15.2. The molecule has 1 heterocycles. The van der Waals surface area contributed by atoms with Crippen molar-refractivity contribution in [2.75, 3.05) is 19.6 Å².